The Labute approximate surface area is 204 Å². The fraction of sp³-hybridized carbons (Fsp3) is 0.500. The molecule has 2 fully saturated rings. The van der Waals surface area contributed by atoms with Crippen LogP contribution in [0.5, 0.6) is 0 Å². The molecule has 1 saturated carbocycles. The minimum absolute atomic E-state index is 0.00636. The number of hydrogen-bond acceptors (Lipinski definition) is 6. The fourth-order valence-corrected chi connectivity index (χ4v) is 4.19. The van der Waals surface area contributed by atoms with Crippen LogP contribution in [0.1, 0.15) is 42.5 Å². The number of hydrogen-bond donors (Lipinski definition) is 4. The van der Waals surface area contributed by atoms with E-state index in [4.69, 9.17) is 16.3 Å². The van der Waals surface area contributed by atoms with Gasteiger partial charge in [0.1, 0.15) is 6.10 Å². The maximum absolute atomic E-state index is 13.4. The number of ketones is 1. The van der Waals surface area contributed by atoms with Crippen LogP contribution in [0.3, 0.4) is 0 Å². The summed E-state index contributed by atoms with van der Waals surface area (Å²) in [5.74, 6) is -6.52. The molecule has 0 bridgehead atoms. The highest BCUT2D eigenvalue weighted by atomic mass is 35.5. The van der Waals surface area contributed by atoms with Crippen LogP contribution >= 0.6 is 11.6 Å². The van der Waals surface area contributed by atoms with E-state index in [0.29, 0.717) is 13.0 Å². The summed E-state index contributed by atoms with van der Waals surface area (Å²) in [5, 5.41) is 9.73. The van der Waals surface area contributed by atoms with Crippen molar-refractivity contribution in [2.45, 2.75) is 50.2 Å². The molecule has 0 aromatic heterocycles. The first-order chi connectivity index (χ1) is 16.5. The highest BCUT2D eigenvalue weighted by molar-refractivity contribution is 6.38. The summed E-state index contributed by atoms with van der Waals surface area (Å²) in [6.07, 6.45) is -2.66. The van der Waals surface area contributed by atoms with E-state index in [1.54, 1.807) is 0 Å². The number of rotatable bonds is 8. The lowest BCUT2D eigenvalue weighted by Gasteiger charge is -2.20. The first-order valence-electron chi connectivity index (χ1n) is 11.0. The van der Waals surface area contributed by atoms with Gasteiger partial charge in [-0.2, -0.15) is 0 Å². The zero-order valence-corrected chi connectivity index (χ0v) is 19.5. The number of carbonyl (C=O) groups excluding carboxylic acids is 5. The van der Waals surface area contributed by atoms with Crippen LogP contribution in [0, 0.1) is 5.92 Å². The van der Waals surface area contributed by atoms with Crippen LogP contribution in [0.25, 0.3) is 0 Å². The number of nitrogens with one attached hydrogen (secondary N) is 4. The average molecular weight is 515 g/mol. The Balaban J connectivity index is 1.75. The maximum Gasteiger partial charge on any atom is 0.411 e. The van der Waals surface area contributed by atoms with Crippen LogP contribution in [-0.2, 0) is 19.1 Å². The predicted octanol–water partition coefficient (Wildman–Crippen LogP) is 2.02. The van der Waals surface area contributed by atoms with Crippen molar-refractivity contribution in [2.75, 3.05) is 18.9 Å². The van der Waals surface area contributed by atoms with Crippen molar-refractivity contribution in [2.24, 2.45) is 5.92 Å². The molecule has 1 aliphatic carbocycles. The molecule has 13 heteroatoms. The van der Waals surface area contributed by atoms with Gasteiger partial charge < -0.3 is 20.7 Å². The van der Waals surface area contributed by atoms with Gasteiger partial charge in [0.05, 0.1) is 17.3 Å². The van der Waals surface area contributed by atoms with Crippen LogP contribution < -0.4 is 21.3 Å². The normalized spacial score (nSPS) is 21.5. The smallest absolute Gasteiger partial charge is 0.411 e. The molecule has 3 rings (SSSR count). The van der Waals surface area contributed by atoms with Crippen molar-refractivity contribution in [3.05, 3.63) is 28.8 Å². The highest BCUT2D eigenvalue weighted by Crippen LogP contribution is 2.36. The van der Waals surface area contributed by atoms with E-state index in [1.807, 2.05) is 0 Å². The standard InChI is InChI=1S/C22H25ClF2N4O6/c1-26-20(33)17(30)16(8-11-5-7-27-18(11)31)28-19(32)14-9-12(23)2-3-15(14)29-21(34)35-13-4-6-22(24,25)10-13/h2-3,9,11,13,16H,4-8,10H2,1H3,(H,26,33)(H,27,31)(H,28,32)(H,29,34). The maximum atomic E-state index is 13.4. The third-order valence-electron chi connectivity index (χ3n) is 5.85. The molecular weight excluding hydrogens is 490 g/mol. The minimum Gasteiger partial charge on any atom is -0.446 e. The Morgan fingerprint density at radius 3 is 2.60 bits per heavy atom. The molecular formula is C22H25ClF2N4O6. The summed E-state index contributed by atoms with van der Waals surface area (Å²) in [6.45, 7) is 0.412. The molecule has 4 N–H and O–H groups in total. The Bertz CT molecular complexity index is 1040. The van der Waals surface area contributed by atoms with E-state index in [1.165, 1.54) is 25.2 Å². The van der Waals surface area contributed by atoms with Crippen LogP contribution in [0.4, 0.5) is 19.3 Å². The second-order valence-electron chi connectivity index (χ2n) is 8.42. The van der Waals surface area contributed by atoms with E-state index in [0.717, 1.165) is 0 Å². The molecule has 3 unspecified atom stereocenters. The third-order valence-corrected chi connectivity index (χ3v) is 6.09. The first-order valence-corrected chi connectivity index (χ1v) is 11.4. The zero-order valence-electron chi connectivity index (χ0n) is 18.8. The molecule has 1 aromatic rings. The van der Waals surface area contributed by atoms with Crippen molar-refractivity contribution < 1.29 is 37.5 Å². The Morgan fingerprint density at radius 2 is 2.00 bits per heavy atom. The molecule has 1 heterocycles. The Kier molecular flexibility index (Phi) is 8.26. The quantitative estimate of drug-likeness (QED) is 0.391. The van der Waals surface area contributed by atoms with Gasteiger partial charge in [0.15, 0.2) is 0 Å². The molecule has 35 heavy (non-hydrogen) atoms. The van der Waals surface area contributed by atoms with Gasteiger partial charge in [-0.3, -0.25) is 24.5 Å². The van der Waals surface area contributed by atoms with E-state index < -0.39 is 54.1 Å². The fourth-order valence-electron chi connectivity index (χ4n) is 4.02. The molecule has 0 spiro atoms. The summed E-state index contributed by atoms with van der Waals surface area (Å²) in [5.41, 5.74) is -0.205. The van der Waals surface area contributed by atoms with Gasteiger partial charge in [-0.15, -0.1) is 0 Å². The van der Waals surface area contributed by atoms with E-state index in [2.05, 4.69) is 21.3 Å². The van der Waals surface area contributed by atoms with Crippen LogP contribution in [0.2, 0.25) is 5.02 Å². The minimum atomic E-state index is -2.90. The number of benzene rings is 1. The number of Topliss-reactive ketones (excluding diaryl/α,β-unsaturated/α-hetero) is 1. The zero-order chi connectivity index (χ0) is 25.8. The number of halogens is 3. The van der Waals surface area contributed by atoms with Gasteiger partial charge in [0.25, 0.3) is 17.7 Å². The number of anilines is 1. The van der Waals surface area contributed by atoms with Crippen molar-refractivity contribution in [1.29, 1.82) is 0 Å². The number of carbonyl (C=O) groups is 5. The van der Waals surface area contributed by atoms with Gasteiger partial charge in [-0.05, 0) is 37.5 Å². The monoisotopic (exact) mass is 514 g/mol. The van der Waals surface area contributed by atoms with Crippen molar-refractivity contribution in [3.63, 3.8) is 0 Å². The Morgan fingerprint density at radius 1 is 1.26 bits per heavy atom. The van der Waals surface area contributed by atoms with Gasteiger partial charge in [-0.1, -0.05) is 11.6 Å². The molecule has 10 nitrogen and oxygen atoms in total. The lowest BCUT2D eigenvalue weighted by molar-refractivity contribution is -0.139. The van der Waals surface area contributed by atoms with Crippen LogP contribution in [0.15, 0.2) is 18.2 Å². The van der Waals surface area contributed by atoms with Gasteiger partial charge in [-0.25, -0.2) is 13.6 Å². The predicted molar refractivity (Wildman–Crippen MR) is 120 cm³/mol. The number of alkyl halides is 2. The first kappa shape index (κ1) is 26.3. The summed E-state index contributed by atoms with van der Waals surface area (Å²) >= 11 is 6.00. The number of likely N-dealkylation sites (N-methyl/N-ethyl adjacent to an activating group) is 1. The van der Waals surface area contributed by atoms with E-state index in [-0.39, 0.29) is 41.4 Å². The van der Waals surface area contributed by atoms with Crippen LogP contribution in [-0.4, -0.2) is 61.3 Å². The summed E-state index contributed by atoms with van der Waals surface area (Å²) in [7, 11) is 1.26. The molecule has 1 aromatic carbocycles. The topological polar surface area (TPSA) is 143 Å². The largest absolute Gasteiger partial charge is 0.446 e. The van der Waals surface area contributed by atoms with Gasteiger partial charge in [0.2, 0.25) is 11.7 Å². The molecule has 3 atom stereocenters. The number of ether oxygens (including phenoxy) is 1. The van der Waals surface area contributed by atoms with Gasteiger partial charge in [0, 0.05) is 37.4 Å². The van der Waals surface area contributed by atoms with Crippen molar-refractivity contribution >= 4 is 46.9 Å². The Hall–Kier alpha value is -3.28. The summed E-state index contributed by atoms with van der Waals surface area (Å²) < 4.78 is 31.8. The second-order valence-corrected chi connectivity index (χ2v) is 8.86. The SMILES string of the molecule is CNC(=O)C(=O)C(CC1CCNC1=O)NC(=O)c1cc(Cl)ccc1NC(=O)OC1CCC(F)(F)C1. The van der Waals surface area contributed by atoms with E-state index >= 15 is 0 Å². The molecule has 0 radical (unpaired) electrons. The second kappa shape index (κ2) is 11.0. The molecule has 190 valence electrons. The molecule has 1 saturated heterocycles. The van der Waals surface area contributed by atoms with Gasteiger partial charge >= 0.3 is 6.09 Å². The molecule has 2 aliphatic rings. The lowest BCUT2D eigenvalue weighted by Crippen LogP contribution is -2.48. The molecule has 1 aliphatic heterocycles. The lowest BCUT2D eigenvalue weighted by atomic mass is 9.95. The van der Waals surface area contributed by atoms with Crippen molar-refractivity contribution in [1.82, 2.24) is 16.0 Å². The van der Waals surface area contributed by atoms with Crippen molar-refractivity contribution in [3.8, 4) is 0 Å². The number of amides is 4. The summed E-state index contributed by atoms with van der Waals surface area (Å²) in [6, 6.07) is 2.59. The van der Waals surface area contributed by atoms with E-state index in [9.17, 15) is 32.8 Å². The molecule has 4 amide bonds. The third kappa shape index (κ3) is 6.87. The highest BCUT2D eigenvalue weighted by Gasteiger charge is 2.41. The average Bonchev–Trinajstić information content (AvgIpc) is 3.36. The summed E-state index contributed by atoms with van der Waals surface area (Å²) in [4.78, 5) is 61.8.